The van der Waals surface area contributed by atoms with Gasteiger partial charge in [0.15, 0.2) is 0 Å². The van der Waals surface area contributed by atoms with Crippen molar-refractivity contribution in [2.75, 3.05) is 0 Å². The Hall–Kier alpha value is -1.30. The summed E-state index contributed by atoms with van der Waals surface area (Å²) in [6, 6.07) is 5.50. The average molecular weight is 353 g/mol. The van der Waals surface area contributed by atoms with Crippen LogP contribution in [0.3, 0.4) is 0 Å². The minimum atomic E-state index is 0.617. The Morgan fingerprint density at radius 1 is 1.09 bits per heavy atom. The third-order valence-corrected chi connectivity index (χ3v) is 5.22. The van der Waals surface area contributed by atoms with Crippen molar-refractivity contribution in [1.82, 2.24) is 19.6 Å². The number of hydrogen-bond acceptors (Lipinski definition) is 4. The summed E-state index contributed by atoms with van der Waals surface area (Å²) in [6.07, 6.45) is 0. The van der Waals surface area contributed by atoms with E-state index in [9.17, 15) is 0 Å². The molecule has 4 nitrogen and oxygen atoms in total. The number of halogens is 2. The highest BCUT2D eigenvalue weighted by Gasteiger charge is 2.13. The second kappa shape index (κ2) is 6.07. The third kappa shape index (κ3) is 2.81. The molecule has 22 heavy (non-hydrogen) atoms. The summed E-state index contributed by atoms with van der Waals surface area (Å²) in [6.45, 7) is 6.04. The van der Waals surface area contributed by atoms with Crippen molar-refractivity contribution in [1.29, 1.82) is 0 Å². The molecule has 0 aliphatic carbocycles. The minimum absolute atomic E-state index is 0.617. The smallest absolute Gasteiger partial charge is 0.216 e. The Balaban J connectivity index is 1.91. The van der Waals surface area contributed by atoms with E-state index >= 15 is 0 Å². The van der Waals surface area contributed by atoms with Crippen LogP contribution in [0.2, 0.25) is 10.0 Å². The van der Waals surface area contributed by atoms with Gasteiger partial charge in [0.2, 0.25) is 5.16 Å². The van der Waals surface area contributed by atoms with E-state index in [1.54, 1.807) is 4.52 Å². The lowest BCUT2D eigenvalue weighted by Crippen LogP contribution is -2.02. The normalized spacial score (nSPS) is 11.3. The molecule has 0 aliphatic heterocycles. The molecule has 0 spiro atoms. The number of nitrogens with zero attached hydrogens (tertiary/aromatic N) is 4. The third-order valence-electron chi connectivity index (χ3n) is 3.65. The lowest BCUT2D eigenvalue weighted by Gasteiger charge is -2.04. The predicted octanol–water partition coefficient (Wildman–Crippen LogP) is 4.65. The van der Waals surface area contributed by atoms with E-state index in [4.69, 9.17) is 23.2 Å². The van der Waals surface area contributed by atoms with Gasteiger partial charge in [-0.3, -0.25) is 0 Å². The van der Waals surface area contributed by atoms with Crippen LogP contribution in [-0.4, -0.2) is 19.6 Å². The molecular weight excluding hydrogens is 339 g/mol. The summed E-state index contributed by atoms with van der Waals surface area (Å²) in [4.78, 5) is 8.94. The fourth-order valence-corrected chi connectivity index (χ4v) is 3.67. The maximum absolute atomic E-state index is 6.19. The topological polar surface area (TPSA) is 43.1 Å². The molecule has 114 valence electrons. The molecule has 0 amide bonds. The van der Waals surface area contributed by atoms with Crippen LogP contribution in [-0.2, 0) is 5.75 Å². The van der Waals surface area contributed by atoms with E-state index in [0.29, 0.717) is 26.7 Å². The number of aryl methyl sites for hydroxylation is 2. The molecule has 7 heteroatoms. The van der Waals surface area contributed by atoms with Gasteiger partial charge in [-0.25, -0.2) is 9.50 Å². The number of fused-ring (bicyclic) bond motifs is 1. The second-order valence-electron chi connectivity index (χ2n) is 5.00. The summed E-state index contributed by atoms with van der Waals surface area (Å²) in [7, 11) is 0. The van der Waals surface area contributed by atoms with E-state index in [1.807, 2.05) is 39.0 Å². The molecule has 0 N–H and O–H groups in total. The van der Waals surface area contributed by atoms with Gasteiger partial charge in [-0.05, 0) is 44.0 Å². The van der Waals surface area contributed by atoms with Gasteiger partial charge in [0.1, 0.15) is 0 Å². The molecule has 0 radical (unpaired) electrons. The number of thioether (sulfide) groups is 1. The Kier molecular flexibility index (Phi) is 4.30. The molecule has 3 rings (SSSR count). The van der Waals surface area contributed by atoms with Crippen molar-refractivity contribution >= 4 is 40.7 Å². The summed E-state index contributed by atoms with van der Waals surface area (Å²) >= 11 is 13.9. The van der Waals surface area contributed by atoms with Crippen molar-refractivity contribution in [3.8, 4) is 0 Å². The zero-order valence-electron chi connectivity index (χ0n) is 12.4. The maximum atomic E-state index is 6.19. The highest BCUT2D eigenvalue weighted by Crippen LogP contribution is 2.30. The minimum Gasteiger partial charge on any atom is -0.216 e. The highest BCUT2D eigenvalue weighted by atomic mass is 35.5. The fraction of sp³-hybridized carbons (Fsp3) is 0.267. The Bertz CT molecular complexity index is 840. The van der Waals surface area contributed by atoms with Gasteiger partial charge in [0, 0.05) is 27.2 Å². The molecule has 2 aromatic heterocycles. The van der Waals surface area contributed by atoms with Crippen molar-refractivity contribution < 1.29 is 0 Å². The van der Waals surface area contributed by atoms with Crippen molar-refractivity contribution in [2.45, 2.75) is 31.7 Å². The number of hydrogen-bond donors (Lipinski definition) is 0. The molecule has 0 fully saturated rings. The van der Waals surface area contributed by atoms with Crippen LogP contribution >= 0.6 is 35.0 Å². The average Bonchev–Trinajstić information content (AvgIpc) is 2.87. The Labute approximate surface area is 142 Å². The quantitative estimate of drug-likeness (QED) is 0.643. The van der Waals surface area contributed by atoms with Gasteiger partial charge < -0.3 is 0 Å². The summed E-state index contributed by atoms with van der Waals surface area (Å²) in [5.74, 6) is 1.24. The molecule has 1 aromatic carbocycles. The first-order chi connectivity index (χ1) is 10.5. The zero-order valence-corrected chi connectivity index (χ0v) is 14.7. The molecule has 0 atom stereocenters. The first kappa shape index (κ1) is 15.6. The Morgan fingerprint density at radius 3 is 2.45 bits per heavy atom. The van der Waals surface area contributed by atoms with Gasteiger partial charge in [0.25, 0.3) is 5.78 Å². The molecule has 0 aliphatic rings. The van der Waals surface area contributed by atoms with Crippen LogP contribution < -0.4 is 0 Å². The monoisotopic (exact) mass is 352 g/mol. The molecule has 0 saturated heterocycles. The van der Waals surface area contributed by atoms with Crippen molar-refractivity contribution in [3.63, 3.8) is 0 Å². The van der Waals surface area contributed by atoms with Crippen LogP contribution in [0.5, 0.6) is 0 Å². The molecule has 3 aromatic rings. The molecular formula is C15H14Cl2N4S. The zero-order chi connectivity index (χ0) is 15.9. The lowest BCUT2D eigenvalue weighted by atomic mass is 10.2. The second-order valence-corrected chi connectivity index (χ2v) is 6.76. The van der Waals surface area contributed by atoms with Crippen LogP contribution in [0.25, 0.3) is 5.78 Å². The van der Waals surface area contributed by atoms with E-state index in [-0.39, 0.29) is 0 Å². The van der Waals surface area contributed by atoms with E-state index < -0.39 is 0 Å². The van der Waals surface area contributed by atoms with Crippen molar-refractivity contribution in [3.05, 3.63) is 50.8 Å². The molecule has 0 unspecified atom stereocenters. The van der Waals surface area contributed by atoms with Crippen LogP contribution in [0.15, 0.2) is 23.4 Å². The van der Waals surface area contributed by atoms with Crippen LogP contribution in [0.1, 0.15) is 22.5 Å². The SMILES string of the molecule is Cc1nc2nc(SCc3c(Cl)cccc3Cl)nn2c(C)c1C. The van der Waals surface area contributed by atoms with Gasteiger partial charge in [-0.1, -0.05) is 41.0 Å². The fourth-order valence-electron chi connectivity index (χ4n) is 2.11. The number of rotatable bonds is 3. The summed E-state index contributed by atoms with van der Waals surface area (Å²) < 4.78 is 1.78. The van der Waals surface area contributed by atoms with Gasteiger partial charge in [0.05, 0.1) is 0 Å². The summed E-state index contributed by atoms with van der Waals surface area (Å²) in [5.41, 5.74) is 4.05. The summed E-state index contributed by atoms with van der Waals surface area (Å²) in [5, 5.41) is 6.49. The predicted molar refractivity (Wildman–Crippen MR) is 91.0 cm³/mol. The molecule has 0 bridgehead atoms. The molecule has 0 saturated carbocycles. The van der Waals surface area contributed by atoms with Gasteiger partial charge in [-0.15, -0.1) is 5.10 Å². The first-order valence-electron chi connectivity index (χ1n) is 6.73. The standard InChI is InChI=1S/C15H14Cl2N4S/c1-8-9(2)18-14-19-15(20-21(14)10(8)3)22-7-11-12(16)5-4-6-13(11)17/h4-6H,7H2,1-3H3. The van der Waals surface area contributed by atoms with Crippen LogP contribution in [0.4, 0.5) is 0 Å². The van der Waals surface area contributed by atoms with Crippen molar-refractivity contribution in [2.24, 2.45) is 0 Å². The molecule has 2 heterocycles. The lowest BCUT2D eigenvalue weighted by molar-refractivity contribution is 0.832. The van der Waals surface area contributed by atoms with Gasteiger partial charge in [-0.2, -0.15) is 4.98 Å². The van der Waals surface area contributed by atoms with E-state index in [1.165, 1.54) is 11.8 Å². The largest absolute Gasteiger partial charge is 0.253 e. The number of benzene rings is 1. The first-order valence-corrected chi connectivity index (χ1v) is 8.48. The van der Waals surface area contributed by atoms with Gasteiger partial charge >= 0.3 is 0 Å². The Morgan fingerprint density at radius 2 is 1.77 bits per heavy atom. The van der Waals surface area contributed by atoms with E-state index in [0.717, 1.165) is 22.5 Å². The van der Waals surface area contributed by atoms with E-state index in [2.05, 4.69) is 15.1 Å². The van der Waals surface area contributed by atoms with Crippen LogP contribution in [0, 0.1) is 20.8 Å². The maximum Gasteiger partial charge on any atom is 0.253 e. The highest BCUT2D eigenvalue weighted by molar-refractivity contribution is 7.98. The number of aromatic nitrogens is 4.